The van der Waals surface area contributed by atoms with Gasteiger partial charge in [-0.3, -0.25) is 0 Å². The molecule has 2 N–H and O–H groups in total. The number of nitriles is 1. The van der Waals surface area contributed by atoms with E-state index in [0.29, 0.717) is 12.1 Å². The predicted molar refractivity (Wildman–Crippen MR) is 72.3 cm³/mol. The lowest BCUT2D eigenvalue weighted by molar-refractivity contribution is 0.0381. The molecule has 0 aliphatic heterocycles. The Labute approximate surface area is 108 Å². The van der Waals surface area contributed by atoms with Crippen LogP contribution in [0.2, 0.25) is 0 Å². The molecule has 2 rings (SSSR count). The maximum Gasteiger partial charge on any atom is 0.0992 e. The van der Waals surface area contributed by atoms with E-state index in [4.69, 9.17) is 5.26 Å². The third-order valence-electron chi connectivity index (χ3n) is 3.65. The Bertz CT molecular complexity index is 428. The van der Waals surface area contributed by atoms with Gasteiger partial charge in [-0.15, -0.1) is 0 Å². The van der Waals surface area contributed by atoms with Crippen molar-refractivity contribution in [3.8, 4) is 6.07 Å². The number of benzene rings is 1. The normalized spacial score (nSPS) is 18.7. The molecule has 0 atom stereocenters. The van der Waals surface area contributed by atoms with E-state index >= 15 is 0 Å². The standard InChI is InChI=1S/C15H20N2O/c16-11-13-6-5-7-14(10-13)17-12-15(18)8-3-1-2-4-9-15/h5-7,10,17-18H,1-4,8-9,12H2. The molecule has 0 aromatic heterocycles. The van der Waals surface area contributed by atoms with Crippen molar-refractivity contribution in [2.24, 2.45) is 0 Å². The molecule has 1 aliphatic carbocycles. The summed E-state index contributed by atoms with van der Waals surface area (Å²) in [6.07, 6.45) is 6.42. The molecule has 0 radical (unpaired) electrons. The molecule has 0 bridgehead atoms. The van der Waals surface area contributed by atoms with Gasteiger partial charge in [0, 0.05) is 12.2 Å². The molecule has 0 heterocycles. The summed E-state index contributed by atoms with van der Waals surface area (Å²) in [6, 6.07) is 9.52. The molecule has 1 aromatic carbocycles. The van der Waals surface area contributed by atoms with Crippen molar-refractivity contribution >= 4 is 5.69 Å². The van der Waals surface area contributed by atoms with Gasteiger partial charge in [0.2, 0.25) is 0 Å². The SMILES string of the molecule is N#Cc1cccc(NCC2(O)CCCCCC2)c1. The first-order valence-corrected chi connectivity index (χ1v) is 6.68. The summed E-state index contributed by atoms with van der Waals surface area (Å²) in [5, 5.41) is 22.6. The Balaban J connectivity index is 1.95. The summed E-state index contributed by atoms with van der Waals surface area (Å²) in [5.74, 6) is 0. The monoisotopic (exact) mass is 244 g/mol. The van der Waals surface area contributed by atoms with Crippen LogP contribution in [-0.4, -0.2) is 17.3 Å². The van der Waals surface area contributed by atoms with Gasteiger partial charge in [0.1, 0.15) is 0 Å². The van der Waals surface area contributed by atoms with Gasteiger partial charge in [0.05, 0.1) is 17.2 Å². The van der Waals surface area contributed by atoms with Gasteiger partial charge in [-0.25, -0.2) is 0 Å². The van der Waals surface area contributed by atoms with E-state index < -0.39 is 5.60 Å². The Morgan fingerprint density at radius 1 is 1.22 bits per heavy atom. The lowest BCUT2D eigenvalue weighted by Gasteiger charge is -2.27. The molecule has 0 spiro atoms. The fourth-order valence-electron chi connectivity index (χ4n) is 2.53. The number of rotatable bonds is 3. The summed E-state index contributed by atoms with van der Waals surface area (Å²) >= 11 is 0. The third kappa shape index (κ3) is 3.48. The molecule has 0 amide bonds. The highest BCUT2D eigenvalue weighted by atomic mass is 16.3. The number of nitrogens with one attached hydrogen (secondary N) is 1. The van der Waals surface area contributed by atoms with E-state index in [0.717, 1.165) is 31.4 Å². The van der Waals surface area contributed by atoms with E-state index in [1.165, 1.54) is 12.8 Å². The Morgan fingerprint density at radius 2 is 1.94 bits per heavy atom. The lowest BCUT2D eigenvalue weighted by atomic mass is 9.94. The second kappa shape index (κ2) is 5.88. The Hall–Kier alpha value is -1.53. The minimum absolute atomic E-state index is 0.571. The first-order chi connectivity index (χ1) is 8.72. The maximum atomic E-state index is 10.5. The molecule has 0 unspecified atom stereocenters. The minimum atomic E-state index is -0.584. The fraction of sp³-hybridized carbons (Fsp3) is 0.533. The van der Waals surface area contributed by atoms with Gasteiger partial charge >= 0.3 is 0 Å². The van der Waals surface area contributed by atoms with Gasteiger partial charge in [-0.05, 0) is 31.0 Å². The van der Waals surface area contributed by atoms with Crippen molar-refractivity contribution < 1.29 is 5.11 Å². The van der Waals surface area contributed by atoms with Gasteiger partial charge in [-0.1, -0.05) is 31.7 Å². The van der Waals surface area contributed by atoms with Gasteiger partial charge in [0.15, 0.2) is 0 Å². The highest BCUT2D eigenvalue weighted by molar-refractivity contribution is 5.49. The van der Waals surface area contributed by atoms with Crippen molar-refractivity contribution in [3.63, 3.8) is 0 Å². The Morgan fingerprint density at radius 3 is 2.61 bits per heavy atom. The third-order valence-corrected chi connectivity index (χ3v) is 3.65. The second-order valence-corrected chi connectivity index (χ2v) is 5.18. The van der Waals surface area contributed by atoms with Gasteiger partial charge in [-0.2, -0.15) is 5.26 Å². The zero-order valence-electron chi connectivity index (χ0n) is 10.7. The summed E-state index contributed by atoms with van der Waals surface area (Å²) in [4.78, 5) is 0. The lowest BCUT2D eigenvalue weighted by Crippen LogP contribution is -2.36. The van der Waals surface area contributed by atoms with Crippen LogP contribution in [0.15, 0.2) is 24.3 Å². The number of hydrogen-bond donors (Lipinski definition) is 2. The molecule has 3 nitrogen and oxygen atoms in total. The molecular weight excluding hydrogens is 224 g/mol. The summed E-state index contributed by atoms with van der Waals surface area (Å²) in [7, 11) is 0. The maximum absolute atomic E-state index is 10.5. The number of nitrogens with zero attached hydrogens (tertiary/aromatic N) is 1. The quantitative estimate of drug-likeness (QED) is 0.803. The van der Waals surface area contributed by atoms with Crippen LogP contribution in [0.4, 0.5) is 5.69 Å². The first kappa shape index (κ1) is 12.9. The zero-order valence-corrected chi connectivity index (χ0v) is 10.7. The summed E-state index contributed by atoms with van der Waals surface area (Å²) in [6.45, 7) is 0.571. The van der Waals surface area contributed by atoms with E-state index in [9.17, 15) is 5.11 Å². The van der Waals surface area contributed by atoms with Crippen LogP contribution in [-0.2, 0) is 0 Å². The second-order valence-electron chi connectivity index (χ2n) is 5.18. The van der Waals surface area contributed by atoms with Crippen LogP contribution in [0.25, 0.3) is 0 Å². The fourth-order valence-corrected chi connectivity index (χ4v) is 2.53. The molecule has 3 heteroatoms. The first-order valence-electron chi connectivity index (χ1n) is 6.68. The molecule has 0 saturated heterocycles. The van der Waals surface area contributed by atoms with E-state index in [1.54, 1.807) is 6.07 Å². The smallest absolute Gasteiger partial charge is 0.0992 e. The average Bonchev–Trinajstić information content (AvgIpc) is 2.62. The van der Waals surface area contributed by atoms with Crippen LogP contribution < -0.4 is 5.32 Å². The van der Waals surface area contributed by atoms with Gasteiger partial charge in [0.25, 0.3) is 0 Å². The molecule has 1 aliphatic rings. The molecule has 96 valence electrons. The van der Waals surface area contributed by atoms with Crippen molar-refractivity contribution in [1.29, 1.82) is 5.26 Å². The highest BCUT2D eigenvalue weighted by Crippen LogP contribution is 2.27. The number of anilines is 1. The molecular formula is C15H20N2O. The van der Waals surface area contributed by atoms with E-state index in [-0.39, 0.29) is 0 Å². The zero-order chi connectivity index (χ0) is 12.8. The molecule has 1 fully saturated rings. The average molecular weight is 244 g/mol. The summed E-state index contributed by atoms with van der Waals surface area (Å²) in [5.41, 5.74) is 0.971. The van der Waals surface area contributed by atoms with Crippen molar-refractivity contribution in [3.05, 3.63) is 29.8 Å². The van der Waals surface area contributed by atoms with Crippen molar-refractivity contribution in [1.82, 2.24) is 0 Å². The van der Waals surface area contributed by atoms with Crippen LogP contribution in [0.3, 0.4) is 0 Å². The molecule has 1 saturated carbocycles. The van der Waals surface area contributed by atoms with Gasteiger partial charge < -0.3 is 10.4 Å². The molecule has 18 heavy (non-hydrogen) atoms. The van der Waals surface area contributed by atoms with Crippen LogP contribution in [0.1, 0.15) is 44.1 Å². The predicted octanol–water partition coefficient (Wildman–Crippen LogP) is 3.06. The molecule has 1 aromatic rings. The van der Waals surface area contributed by atoms with Crippen LogP contribution >= 0.6 is 0 Å². The minimum Gasteiger partial charge on any atom is -0.388 e. The van der Waals surface area contributed by atoms with Crippen LogP contribution in [0.5, 0.6) is 0 Å². The van der Waals surface area contributed by atoms with Crippen molar-refractivity contribution in [2.75, 3.05) is 11.9 Å². The largest absolute Gasteiger partial charge is 0.388 e. The van der Waals surface area contributed by atoms with E-state index in [2.05, 4.69) is 11.4 Å². The summed E-state index contributed by atoms with van der Waals surface area (Å²) < 4.78 is 0. The highest BCUT2D eigenvalue weighted by Gasteiger charge is 2.27. The van der Waals surface area contributed by atoms with E-state index in [1.807, 2.05) is 18.2 Å². The number of hydrogen-bond acceptors (Lipinski definition) is 3. The number of aliphatic hydroxyl groups is 1. The Kier molecular flexibility index (Phi) is 4.22. The van der Waals surface area contributed by atoms with Crippen LogP contribution in [0, 0.1) is 11.3 Å². The van der Waals surface area contributed by atoms with Crippen molar-refractivity contribution in [2.45, 2.75) is 44.1 Å². The topological polar surface area (TPSA) is 56.0 Å².